The highest BCUT2D eigenvalue weighted by molar-refractivity contribution is 5.52. The van der Waals surface area contributed by atoms with Crippen LogP contribution in [-0.2, 0) is 11.2 Å². The first-order valence-electron chi connectivity index (χ1n) is 7.22. The molecule has 1 N–H and O–H groups in total. The molecule has 0 aliphatic heterocycles. The predicted molar refractivity (Wildman–Crippen MR) is 74.9 cm³/mol. The van der Waals surface area contributed by atoms with Crippen LogP contribution in [0, 0.1) is 11.8 Å². The molecule has 0 unspecified atom stereocenters. The van der Waals surface area contributed by atoms with Gasteiger partial charge in [-0.1, -0.05) is 18.2 Å². The lowest BCUT2D eigenvalue weighted by atomic mass is 10.0. The van der Waals surface area contributed by atoms with Gasteiger partial charge in [0.2, 0.25) is 0 Å². The molecule has 2 aliphatic rings. The molecule has 0 aromatic heterocycles. The number of hydrogen-bond acceptors (Lipinski definition) is 2. The van der Waals surface area contributed by atoms with E-state index in [1.165, 1.54) is 36.9 Å². The second kappa shape index (κ2) is 5.31. The summed E-state index contributed by atoms with van der Waals surface area (Å²) in [4.78, 5) is 0. The second-order valence-electron chi connectivity index (χ2n) is 5.74. The molecule has 18 heavy (non-hydrogen) atoms. The highest BCUT2D eigenvalue weighted by Gasteiger charge is 2.41. The molecule has 0 saturated heterocycles. The van der Waals surface area contributed by atoms with Crippen molar-refractivity contribution in [2.75, 3.05) is 19.0 Å². The number of benzene rings is 1. The van der Waals surface area contributed by atoms with Crippen LogP contribution in [0.5, 0.6) is 0 Å². The molecular formula is C16H23NO. The summed E-state index contributed by atoms with van der Waals surface area (Å²) in [5, 5.41) is 3.82. The Bertz CT molecular complexity index is 384. The van der Waals surface area contributed by atoms with Gasteiger partial charge in [-0.05, 0) is 55.6 Å². The molecule has 0 bridgehead atoms. The summed E-state index contributed by atoms with van der Waals surface area (Å²) in [6.07, 6.45) is 6.70. The Morgan fingerprint density at radius 2 is 1.83 bits per heavy atom. The van der Waals surface area contributed by atoms with Crippen molar-refractivity contribution >= 4 is 5.69 Å². The molecule has 0 amide bonds. The largest absolute Gasteiger partial charge is 0.384 e. The Balaban J connectivity index is 1.69. The molecular weight excluding hydrogens is 222 g/mol. The molecule has 98 valence electrons. The van der Waals surface area contributed by atoms with Crippen molar-refractivity contribution in [2.45, 2.75) is 38.1 Å². The lowest BCUT2D eigenvalue weighted by molar-refractivity contribution is 0.202. The van der Waals surface area contributed by atoms with Crippen LogP contribution in [0.2, 0.25) is 0 Å². The van der Waals surface area contributed by atoms with E-state index in [2.05, 4.69) is 29.6 Å². The van der Waals surface area contributed by atoms with E-state index in [4.69, 9.17) is 4.74 Å². The van der Waals surface area contributed by atoms with E-state index in [9.17, 15) is 0 Å². The standard InChI is InChI=1S/C16H23NO/c1-18-11-10-12-4-2-3-5-15(12)17-16(13-6-7-13)14-8-9-14/h2-5,13-14,16-17H,6-11H2,1H3. The Morgan fingerprint density at radius 1 is 1.17 bits per heavy atom. The molecule has 3 rings (SSSR count). The van der Waals surface area contributed by atoms with E-state index in [0.717, 1.165) is 30.9 Å². The van der Waals surface area contributed by atoms with Crippen molar-refractivity contribution in [3.8, 4) is 0 Å². The van der Waals surface area contributed by atoms with Gasteiger partial charge >= 0.3 is 0 Å². The highest BCUT2D eigenvalue weighted by Crippen LogP contribution is 2.46. The van der Waals surface area contributed by atoms with Crippen molar-refractivity contribution in [3.05, 3.63) is 29.8 Å². The molecule has 2 aliphatic carbocycles. The average molecular weight is 245 g/mol. The van der Waals surface area contributed by atoms with E-state index in [1.807, 2.05) is 0 Å². The SMILES string of the molecule is COCCc1ccccc1NC(C1CC1)C1CC1. The second-order valence-corrected chi connectivity index (χ2v) is 5.74. The van der Waals surface area contributed by atoms with Gasteiger partial charge in [-0.25, -0.2) is 0 Å². The minimum absolute atomic E-state index is 0.730. The van der Waals surface area contributed by atoms with Crippen LogP contribution in [-0.4, -0.2) is 19.8 Å². The van der Waals surface area contributed by atoms with Crippen molar-refractivity contribution in [3.63, 3.8) is 0 Å². The first kappa shape index (κ1) is 12.0. The summed E-state index contributed by atoms with van der Waals surface area (Å²) in [7, 11) is 1.77. The first-order chi connectivity index (χ1) is 8.88. The van der Waals surface area contributed by atoms with Crippen molar-refractivity contribution in [2.24, 2.45) is 11.8 Å². The van der Waals surface area contributed by atoms with Gasteiger partial charge in [0.25, 0.3) is 0 Å². The van der Waals surface area contributed by atoms with E-state index < -0.39 is 0 Å². The van der Waals surface area contributed by atoms with Crippen molar-refractivity contribution in [1.29, 1.82) is 0 Å². The van der Waals surface area contributed by atoms with Gasteiger partial charge in [0, 0.05) is 18.8 Å². The Hall–Kier alpha value is -1.02. The number of para-hydroxylation sites is 1. The predicted octanol–water partition coefficient (Wildman–Crippen LogP) is 3.48. The highest BCUT2D eigenvalue weighted by atomic mass is 16.5. The summed E-state index contributed by atoms with van der Waals surface area (Å²) in [5.41, 5.74) is 2.73. The van der Waals surface area contributed by atoms with Crippen LogP contribution < -0.4 is 5.32 Å². The zero-order chi connectivity index (χ0) is 12.4. The normalized spacial score (nSPS) is 19.2. The maximum Gasteiger partial charge on any atom is 0.0503 e. The van der Waals surface area contributed by atoms with Crippen LogP contribution in [0.4, 0.5) is 5.69 Å². The van der Waals surface area contributed by atoms with Crippen LogP contribution in [0.15, 0.2) is 24.3 Å². The van der Waals surface area contributed by atoms with Crippen molar-refractivity contribution < 1.29 is 4.74 Å². The molecule has 0 heterocycles. The van der Waals surface area contributed by atoms with E-state index in [0.29, 0.717) is 0 Å². The van der Waals surface area contributed by atoms with Gasteiger partial charge < -0.3 is 10.1 Å². The van der Waals surface area contributed by atoms with E-state index in [-0.39, 0.29) is 0 Å². The number of nitrogens with one attached hydrogen (secondary N) is 1. The van der Waals surface area contributed by atoms with Gasteiger partial charge in [-0.2, -0.15) is 0 Å². The quantitative estimate of drug-likeness (QED) is 0.794. The molecule has 1 aromatic carbocycles. The third kappa shape index (κ3) is 2.86. The zero-order valence-electron chi connectivity index (χ0n) is 11.2. The Kier molecular flexibility index (Phi) is 3.55. The zero-order valence-corrected chi connectivity index (χ0v) is 11.2. The molecule has 0 atom stereocenters. The number of anilines is 1. The minimum Gasteiger partial charge on any atom is -0.384 e. The minimum atomic E-state index is 0.730. The third-order valence-corrected chi connectivity index (χ3v) is 4.17. The number of rotatable bonds is 7. The molecule has 0 radical (unpaired) electrons. The third-order valence-electron chi connectivity index (χ3n) is 4.17. The fourth-order valence-electron chi connectivity index (χ4n) is 2.80. The van der Waals surface area contributed by atoms with Gasteiger partial charge in [0.05, 0.1) is 6.61 Å². The Labute approximate surface area is 110 Å². The number of hydrogen-bond donors (Lipinski definition) is 1. The molecule has 2 heteroatoms. The number of methoxy groups -OCH3 is 1. The molecule has 1 aromatic rings. The van der Waals surface area contributed by atoms with Crippen LogP contribution >= 0.6 is 0 Å². The average Bonchev–Trinajstić information content (AvgIpc) is 3.28. The smallest absolute Gasteiger partial charge is 0.0503 e. The summed E-state index contributed by atoms with van der Waals surface area (Å²) >= 11 is 0. The van der Waals surface area contributed by atoms with E-state index >= 15 is 0 Å². The maximum atomic E-state index is 5.20. The molecule has 2 fully saturated rings. The van der Waals surface area contributed by atoms with Gasteiger partial charge in [0.15, 0.2) is 0 Å². The summed E-state index contributed by atoms with van der Waals surface area (Å²) in [6.45, 7) is 0.802. The lowest BCUT2D eigenvalue weighted by Crippen LogP contribution is -2.25. The topological polar surface area (TPSA) is 21.3 Å². The van der Waals surface area contributed by atoms with Crippen LogP contribution in [0.3, 0.4) is 0 Å². The lowest BCUT2D eigenvalue weighted by Gasteiger charge is -2.21. The monoisotopic (exact) mass is 245 g/mol. The molecule has 2 saturated carbocycles. The van der Waals surface area contributed by atoms with Gasteiger partial charge in [0.1, 0.15) is 0 Å². The van der Waals surface area contributed by atoms with Crippen molar-refractivity contribution in [1.82, 2.24) is 0 Å². The fraction of sp³-hybridized carbons (Fsp3) is 0.625. The van der Waals surface area contributed by atoms with Crippen LogP contribution in [0.1, 0.15) is 31.2 Å². The maximum absolute atomic E-state index is 5.20. The Morgan fingerprint density at radius 3 is 2.44 bits per heavy atom. The summed E-state index contributed by atoms with van der Waals surface area (Å²) in [6, 6.07) is 9.43. The molecule has 0 spiro atoms. The van der Waals surface area contributed by atoms with Gasteiger partial charge in [-0.3, -0.25) is 0 Å². The summed E-state index contributed by atoms with van der Waals surface area (Å²) < 4.78 is 5.20. The molecule has 2 nitrogen and oxygen atoms in total. The fourth-order valence-corrected chi connectivity index (χ4v) is 2.80. The summed E-state index contributed by atoms with van der Waals surface area (Å²) in [5.74, 6) is 1.88. The van der Waals surface area contributed by atoms with E-state index in [1.54, 1.807) is 7.11 Å². The van der Waals surface area contributed by atoms with Gasteiger partial charge in [-0.15, -0.1) is 0 Å². The van der Waals surface area contributed by atoms with Crippen LogP contribution in [0.25, 0.3) is 0 Å². The first-order valence-corrected chi connectivity index (χ1v) is 7.22. The number of ether oxygens (including phenoxy) is 1.